The highest BCUT2D eigenvalue weighted by molar-refractivity contribution is 7.87. The van der Waals surface area contributed by atoms with Crippen LogP contribution in [0.2, 0.25) is 0 Å². The standard InChI is InChI=1S/C15H14O5S/c1-10-3-5-14(6-4-10)21(18,19)20-13-8-11(2)7-12(9-13)15(16)17/h3-9H,1-2H3,(H,16,17). The number of rotatable bonds is 4. The van der Waals surface area contributed by atoms with Gasteiger partial charge >= 0.3 is 16.1 Å². The molecule has 0 spiro atoms. The van der Waals surface area contributed by atoms with Gasteiger partial charge in [0, 0.05) is 0 Å². The van der Waals surface area contributed by atoms with Gasteiger partial charge in [-0.25, -0.2) is 4.79 Å². The zero-order chi connectivity index (χ0) is 15.6. The summed E-state index contributed by atoms with van der Waals surface area (Å²) in [5, 5.41) is 8.97. The van der Waals surface area contributed by atoms with E-state index in [9.17, 15) is 13.2 Å². The number of carboxylic acid groups (broad SMARTS) is 1. The maximum absolute atomic E-state index is 12.1. The minimum Gasteiger partial charge on any atom is -0.478 e. The Morgan fingerprint density at radius 1 is 1.00 bits per heavy atom. The largest absolute Gasteiger partial charge is 0.478 e. The smallest absolute Gasteiger partial charge is 0.339 e. The van der Waals surface area contributed by atoms with Crippen LogP contribution >= 0.6 is 0 Å². The van der Waals surface area contributed by atoms with Gasteiger partial charge in [0.05, 0.1) is 5.56 Å². The minimum atomic E-state index is -3.98. The minimum absolute atomic E-state index is 0.0199. The summed E-state index contributed by atoms with van der Waals surface area (Å²) in [6.45, 7) is 3.51. The maximum Gasteiger partial charge on any atom is 0.339 e. The lowest BCUT2D eigenvalue weighted by Crippen LogP contribution is -2.10. The van der Waals surface area contributed by atoms with Crippen LogP contribution in [0.1, 0.15) is 21.5 Å². The molecule has 0 fully saturated rings. The van der Waals surface area contributed by atoms with Crippen molar-refractivity contribution >= 4 is 16.1 Å². The van der Waals surface area contributed by atoms with Crippen LogP contribution in [0.5, 0.6) is 5.75 Å². The van der Waals surface area contributed by atoms with Crippen LogP contribution in [0.3, 0.4) is 0 Å². The SMILES string of the molecule is Cc1ccc(S(=O)(=O)Oc2cc(C)cc(C(=O)O)c2)cc1. The molecule has 0 atom stereocenters. The predicted molar refractivity (Wildman–Crippen MR) is 77.1 cm³/mol. The van der Waals surface area contributed by atoms with E-state index in [1.54, 1.807) is 19.1 Å². The van der Waals surface area contributed by atoms with Crippen molar-refractivity contribution in [1.82, 2.24) is 0 Å². The molecule has 110 valence electrons. The van der Waals surface area contributed by atoms with Crippen molar-refractivity contribution in [2.75, 3.05) is 0 Å². The molecule has 6 heteroatoms. The highest BCUT2D eigenvalue weighted by Crippen LogP contribution is 2.22. The average molecular weight is 306 g/mol. The molecular formula is C15H14O5S. The Hall–Kier alpha value is -2.34. The van der Waals surface area contributed by atoms with E-state index >= 15 is 0 Å². The molecule has 0 saturated carbocycles. The third kappa shape index (κ3) is 3.61. The average Bonchev–Trinajstić information content (AvgIpc) is 2.37. The topological polar surface area (TPSA) is 80.7 Å². The van der Waals surface area contributed by atoms with Gasteiger partial charge in [-0.15, -0.1) is 0 Å². The van der Waals surface area contributed by atoms with Crippen LogP contribution in [0.4, 0.5) is 0 Å². The molecule has 5 nitrogen and oxygen atoms in total. The molecule has 0 bridgehead atoms. The van der Waals surface area contributed by atoms with Crippen molar-refractivity contribution in [2.45, 2.75) is 18.7 Å². The molecule has 0 saturated heterocycles. The summed E-state index contributed by atoms with van der Waals surface area (Å²) >= 11 is 0. The summed E-state index contributed by atoms with van der Waals surface area (Å²) in [6.07, 6.45) is 0. The third-order valence-electron chi connectivity index (χ3n) is 2.81. The molecule has 0 amide bonds. The molecular weight excluding hydrogens is 292 g/mol. The van der Waals surface area contributed by atoms with Gasteiger partial charge in [0.15, 0.2) is 0 Å². The molecule has 21 heavy (non-hydrogen) atoms. The van der Waals surface area contributed by atoms with Crippen molar-refractivity contribution in [2.24, 2.45) is 0 Å². The highest BCUT2D eigenvalue weighted by Gasteiger charge is 2.17. The Morgan fingerprint density at radius 2 is 1.62 bits per heavy atom. The van der Waals surface area contributed by atoms with Crippen LogP contribution in [0.15, 0.2) is 47.4 Å². The Morgan fingerprint density at radius 3 is 2.19 bits per heavy atom. The Labute approximate surface area is 122 Å². The van der Waals surface area contributed by atoms with E-state index in [1.165, 1.54) is 30.3 Å². The molecule has 0 aliphatic heterocycles. The van der Waals surface area contributed by atoms with Gasteiger partial charge in [0.1, 0.15) is 10.6 Å². The third-order valence-corrected chi connectivity index (χ3v) is 4.07. The first kappa shape index (κ1) is 15.1. The first-order valence-corrected chi connectivity index (χ1v) is 7.55. The molecule has 0 heterocycles. The van der Waals surface area contributed by atoms with Crippen LogP contribution in [0.25, 0.3) is 0 Å². The molecule has 0 unspecified atom stereocenters. The molecule has 2 aromatic rings. The first-order valence-electron chi connectivity index (χ1n) is 6.14. The van der Waals surface area contributed by atoms with Crippen molar-refractivity contribution in [3.8, 4) is 5.75 Å². The van der Waals surface area contributed by atoms with Gasteiger partial charge in [-0.3, -0.25) is 0 Å². The monoisotopic (exact) mass is 306 g/mol. The highest BCUT2D eigenvalue weighted by atomic mass is 32.2. The fraction of sp³-hybridized carbons (Fsp3) is 0.133. The number of aromatic carboxylic acids is 1. The number of hydrogen-bond donors (Lipinski definition) is 1. The molecule has 0 aliphatic carbocycles. The summed E-state index contributed by atoms with van der Waals surface area (Å²) < 4.78 is 29.3. The second-order valence-corrected chi connectivity index (χ2v) is 6.24. The van der Waals surface area contributed by atoms with E-state index in [0.29, 0.717) is 5.56 Å². The summed E-state index contributed by atoms with van der Waals surface area (Å²) in [6, 6.07) is 10.3. The quantitative estimate of drug-likeness (QED) is 0.878. The van der Waals surface area contributed by atoms with E-state index in [-0.39, 0.29) is 16.2 Å². The summed E-state index contributed by atoms with van der Waals surface area (Å²) in [5.41, 5.74) is 1.51. The number of carbonyl (C=O) groups is 1. The van der Waals surface area contributed by atoms with E-state index in [0.717, 1.165) is 5.56 Å². The molecule has 1 N–H and O–H groups in total. The summed E-state index contributed by atoms with van der Waals surface area (Å²) in [4.78, 5) is 11.0. The molecule has 0 aromatic heterocycles. The van der Waals surface area contributed by atoms with Crippen LogP contribution < -0.4 is 4.18 Å². The fourth-order valence-electron chi connectivity index (χ4n) is 1.80. The summed E-state index contributed by atoms with van der Waals surface area (Å²) in [7, 11) is -3.98. The zero-order valence-electron chi connectivity index (χ0n) is 11.5. The molecule has 2 rings (SSSR count). The normalized spacial score (nSPS) is 11.1. The van der Waals surface area contributed by atoms with E-state index in [2.05, 4.69) is 0 Å². The van der Waals surface area contributed by atoms with Gasteiger partial charge in [-0.1, -0.05) is 17.7 Å². The molecule has 2 aromatic carbocycles. The van der Waals surface area contributed by atoms with E-state index < -0.39 is 16.1 Å². The fourth-order valence-corrected chi connectivity index (χ4v) is 2.71. The Balaban J connectivity index is 2.36. The van der Waals surface area contributed by atoms with Crippen molar-refractivity contribution < 1.29 is 22.5 Å². The van der Waals surface area contributed by atoms with Gasteiger partial charge in [-0.05, 0) is 49.7 Å². The Kier molecular flexibility index (Phi) is 3.99. The Bertz CT molecular complexity index is 776. The molecule has 0 aliphatic rings. The van der Waals surface area contributed by atoms with Gasteiger partial charge < -0.3 is 9.29 Å². The second-order valence-electron chi connectivity index (χ2n) is 4.69. The maximum atomic E-state index is 12.1. The van der Waals surface area contributed by atoms with E-state index in [4.69, 9.17) is 9.29 Å². The van der Waals surface area contributed by atoms with Gasteiger partial charge in [0.2, 0.25) is 0 Å². The van der Waals surface area contributed by atoms with Crippen LogP contribution in [-0.4, -0.2) is 19.5 Å². The van der Waals surface area contributed by atoms with Crippen molar-refractivity contribution in [3.63, 3.8) is 0 Å². The predicted octanol–water partition coefficient (Wildman–Crippen LogP) is 2.77. The lowest BCUT2D eigenvalue weighted by molar-refractivity contribution is 0.0696. The van der Waals surface area contributed by atoms with Crippen LogP contribution in [-0.2, 0) is 10.1 Å². The van der Waals surface area contributed by atoms with Crippen molar-refractivity contribution in [3.05, 3.63) is 59.2 Å². The first-order chi connectivity index (χ1) is 9.78. The second kappa shape index (κ2) is 5.57. The lowest BCUT2D eigenvalue weighted by atomic mass is 10.1. The number of benzene rings is 2. The zero-order valence-corrected chi connectivity index (χ0v) is 12.3. The van der Waals surface area contributed by atoms with Crippen molar-refractivity contribution in [1.29, 1.82) is 0 Å². The summed E-state index contributed by atoms with van der Waals surface area (Å²) in [5.74, 6) is -1.16. The number of aryl methyl sites for hydroxylation is 2. The van der Waals surface area contributed by atoms with Gasteiger partial charge in [0.25, 0.3) is 0 Å². The van der Waals surface area contributed by atoms with Gasteiger partial charge in [-0.2, -0.15) is 8.42 Å². The lowest BCUT2D eigenvalue weighted by Gasteiger charge is -2.09. The number of carboxylic acids is 1. The number of hydrogen-bond acceptors (Lipinski definition) is 4. The van der Waals surface area contributed by atoms with E-state index in [1.807, 2.05) is 6.92 Å². The molecule has 0 radical (unpaired) electrons. The van der Waals surface area contributed by atoms with Crippen LogP contribution in [0, 0.1) is 13.8 Å².